The molecule has 2 fully saturated rings. The first-order chi connectivity index (χ1) is 12.4. The van der Waals surface area contributed by atoms with Crippen LogP contribution in [-0.2, 0) is 20.7 Å². The van der Waals surface area contributed by atoms with E-state index in [1.54, 1.807) is 37.2 Å². The van der Waals surface area contributed by atoms with Gasteiger partial charge in [0.1, 0.15) is 5.75 Å². The Kier molecular flexibility index (Phi) is 5.78. The Labute approximate surface area is 153 Å². The summed E-state index contributed by atoms with van der Waals surface area (Å²) in [6.07, 6.45) is 1.43. The van der Waals surface area contributed by atoms with E-state index in [-0.39, 0.29) is 36.1 Å². The first kappa shape index (κ1) is 18.7. The Balaban J connectivity index is 1.47. The summed E-state index contributed by atoms with van der Waals surface area (Å²) >= 11 is 0. The number of nitrogens with one attached hydrogen (secondary N) is 1. The number of carbonyl (C=O) groups is 2. The standard InChI is InChI=1S/C19H27N3O4/c1-21(2)19(25)9-17-11-22-10-14(8-15(22)12-26-17)20-18(24)7-13-4-3-5-16(23)6-13/h3-6,14-15,17,23H,7-12H2,1-2H3,(H,20,24)/t14-,15-,17-/m0/s1. The topological polar surface area (TPSA) is 82.1 Å². The number of fused-ring (bicyclic) bond motifs is 1. The van der Waals surface area contributed by atoms with Crippen molar-refractivity contribution in [1.29, 1.82) is 0 Å². The van der Waals surface area contributed by atoms with Gasteiger partial charge in [0.2, 0.25) is 11.8 Å². The molecule has 2 amide bonds. The molecule has 7 nitrogen and oxygen atoms in total. The fourth-order valence-corrected chi connectivity index (χ4v) is 3.68. The third-order valence-electron chi connectivity index (χ3n) is 5.03. The van der Waals surface area contributed by atoms with E-state index in [0.29, 0.717) is 19.1 Å². The van der Waals surface area contributed by atoms with Gasteiger partial charge in [-0.25, -0.2) is 0 Å². The number of benzene rings is 1. The quantitative estimate of drug-likeness (QED) is 0.792. The molecule has 142 valence electrons. The molecule has 3 atom stereocenters. The van der Waals surface area contributed by atoms with Crippen molar-refractivity contribution in [2.75, 3.05) is 33.8 Å². The van der Waals surface area contributed by atoms with Crippen LogP contribution >= 0.6 is 0 Å². The first-order valence-corrected chi connectivity index (χ1v) is 9.04. The zero-order valence-electron chi connectivity index (χ0n) is 15.4. The maximum absolute atomic E-state index is 12.3. The predicted molar refractivity (Wildman–Crippen MR) is 96.8 cm³/mol. The summed E-state index contributed by atoms with van der Waals surface area (Å²) in [5.74, 6) is 0.202. The van der Waals surface area contributed by atoms with Crippen molar-refractivity contribution in [3.05, 3.63) is 29.8 Å². The van der Waals surface area contributed by atoms with Crippen molar-refractivity contribution in [3.63, 3.8) is 0 Å². The van der Waals surface area contributed by atoms with Gasteiger partial charge in [0, 0.05) is 39.3 Å². The number of rotatable bonds is 5. The summed E-state index contributed by atoms with van der Waals surface area (Å²) in [4.78, 5) is 28.0. The summed E-state index contributed by atoms with van der Waals surface area (Å²) < 4.78 is 5.85. The summed E-state index contributed by atoms with van der Waals surface area (Å²) in [6, 6.07) is 7.16. The summed E-state index contributed by atoms with van der Waals surface area (Å²) in [5, 5.41) is 12.6. The van der Waals surface area contributed by atoms with E-state index in [0.717, 1.165) is 25.1 Å². The third kappa shape index (κ3) is 4.74. The van der Waals surface area contributed by atoms with Crippen molar-refractivity contribution in [3.8, 4) is 5.75 Å². The van der Waals surface area contributed by atoms with Crippen LogP contribution < -0.4 is 5.32 Å². The molecule has 0 spiro atoms. The molecule has 2 heterocycles. The highest BCUT2D eigenvalue weighted by atomic mass is 16.5. The van der Waals surface area contributed by atoms with Crippen LogP contribution in [0.15, 0.2) is 24.3 Å². The van der Waals surface area contributed by atoms with Crippen molar-refractivity contribution in [1.82, 2.24) is 15.1 Å². The van der Waals surface area contributed by atoms with Gasteiger partial charge in [-0.1, -0.05) is 12.1 Å². The molecule has 26 heavy (non-hydrogen) atoms. The Bertz CT molecular complexity index is 664. The van der Waals surface area contributed by atoms with E-state index in [2.05, 4.69) is 10.2 Å². The molecule has 2 N–H and O–H groups in total. The number of nitrogens with zero attached hydrogens (tertiary/aromatic N) is 2. The van der Waals surface area contributed by atoms with E-state index in [4.69, 9.17) is 4.74 Å². The van der Waals surface area contributed by atoms with Crippen LogP contribution in [0, 0.1) is 0 Å². The highest BCUT2D eigenvalue weighted by Gasteiger charge is 2.38. The second-order valence-corrected chi connectivity index (χ2v) is 7.40. The Morgan fingerprint density at radius 2 is 2.15 bits per heavy atom. The van der Waals surface area contributed by atoms with Gasteiger partial charge < -0.3 is 20.1 Å². The van der Waals surface area contributed by atoms with Gasteiger partial charge >= 0.3 is 0 Å². The van der Waals surface area contributed by atoms with Gasteiger partial charge in [-0.3, -0.25) is 14.5 Å². The number of hydrogen-bond acceptors (Lipinski definition) is 5. The molecule has 7 heteroatoms. The zero-order valence-corrected chi connectivity index (χ0v) is 15.4. The van der Waals surface area contributed by atoms with Gasteiger partial charge in [0.05, 0.1) is 25.6 Å². The van der Waals surface area contributed by atoms with E-state index in [1.165, 1.54) is 0 Å². The molecule has 0 radical (unpaired) electrons. The molecule has 0 unspecified atom stereocenters. The number of morpholine rings is 1. The molecular weight excluding hydrogens is 334 g/mol. The number of phenols is 1. The molecule has 2 aliphatic heterocycles. The van der Waals surface area contributed by atoms with Gasteiger partial charge in [0.15, 0.2) is 0 Å². The number of aromatic hydroxyl groups is 1. The van der Waals surface area contributed by atoms with Crippen LogP contribution in [-0.4, -0.2) is 78.7 Å². The normalized spacial score (nSPS) is 25.5. The Hall–Kier alpha value is -2.12. The van der Waals surface area contributed by atoms with E-state index < -0.39 is 0 Å². The molecule has 0 bridgehead atoms. The highest BCUT2D eigenvalue weighted by molar-refractivity contribution is 5.79. The minimum absolute atomic E-state index is 0.0410. The van der Waals surface area contributed by atoms with Crippen LogP contribution in [0.1, 0.15) is 18.4 Å². The maximum atomic E-state index is 12.3. The smallest absolute Gasteiger partial charge is 0.224 e. The molecule has 0 saturated carbocycles. The summed E-state index contributed by atoms with van der Waals surface area (Å²) in [7, 11) is 3.50. The fourth-order valence-electron chi connectivity index (χ4n) is 3.68. The number of phenolic OH excluding ortho intramolecular Hbond substituents is 1. The molecule has 1 aromatic rings. The van der Waals surface area contributed by atoms with Crippen LogP contribution in [0.2, 0.25) is 0 Å². The van der Waals surface area contributed by atoms with Gasteiger partial charge in [-0.2, -0.15) is 0 Å². The summed E-state index contributed by atoms with van der Waals surface area (Å²) in [6.45, 7) is 2.11. The lowest BCUT2D eigenvalue weighted by Gasteiger charge is -2.35. The third-order valence-corrected chi connectivity index (χ3v) is 5.03. The van der Waals surface area contributed by atoms with Gasteiger partial charge in [-0.05, 0) is 24.1 Å². The average Bonchev–Trinajstić information content (AvgIpc) is 2.95. The SMILES string of the molecule is CN(C)C(=O)C[C@H]1CN2C[C@@H](NC(=O)Cc3cccc(O)c3)C[C@H]2CO1. The van der Waals surface area contributed by atoms with E-state index >= 15 is 0 Å². The molecule has 3 rings (SSSR count). The lowest BCUT2D eigenvalue weighted by atomic mass is 10.1. The van der Waals surface area contributed by atoms with E-state index in [1.807, 2.05) is 6.07 Å². The van der Waals surface area contributed by atoms with E-state index in [9.17, 15) is 14.7 Å². The molecule has 0 aromatic heterocycles. The molecular formula is C19H27N3O4. The van der Waals surface area contributed by atoms with Crippen molar-refractivity contribution >= 4 is 11.8 Å². The van der Waals surface area contributed by atoms with Gasteiger partial charge in [0.25, 0.3) is 0 Å². The number of hydrogen-bond donors (Lipinski definition) is 2. The molecule has 0 aliphatic carbocycles. The minimum Gasteiger partial charge on any atom is -0.508 e. The highest BCUT2D eigenvalue weighted by Crippen LogP contribution is 2.24. The van der Waals surface area contributed by atoms with Crippen molar-refractivity contribution < 1.29 is 19.4 Å². The lowest BCUT2D eigenvalue weighted by Crippen LogP contribution is -2.47. The zero-order chi connectivity index (χ0) is 18.7. The van der Waals surface area contributed by atoms with Crippen LogP contribution in [0.5, 0.6) is 5.75 Å². The van der Waals surface area contributed by atoms with Crippen LogP contribution in [0.25, 0.3) is 0 Å². The lowest BCUT2D eigenvalue weighted by molar-refractivity contribution is -0.134. The van der Waals surface area contributed by atoms with Gasteiger partial charge in [-0.15, -0.1) is 0 Å². The van der Waals surface area contributed by atoms with Crippen LogP contribution in [0.4, 0.5) is 0 Å². The van der Waals surface area contributed by atoms with Crippen LogP contribution in [0.3, 0.4) is 0 Å². The first-order valence-electron chi connectivity index (χ1n) is 9.04. The second kappa shape index (κ2) is 8.05. The largest absolute Gasteiger partial charge is 0.508 e. The predicted octanol–water partition coefficient (Wildman–Crippen LogP) is 0.371. The number of amides is 2. The maximum Gasteiger partial charge on any atom is 0.224 e. The minimum atomic E-state index is -0.0807. The number of carbonyl (C=O) groups excluding carboxylic acids is 2. The molecule has 1 aromatic carbocycles. The Morgan fingerprint density at radius 3 is 2.88 bits per heavy atom. The Morgan fingerprint density at radius 1 is 1.35 bits per heavy atom. The molecule has 2 aliphatic rings. The average molecular weight is 361 g/mol. The second-order valence-electron chi connectivity index (χ2n) is 7.40. The molecule has 2 saturated heterocycles. The fraction of sp³-hybridized carbons (Fsp3) is 0.579. The van der Waals surface area contributed by atoms with Crippen molar-refractivity contribution in [2.24, 2.45) is 0 Å². The summed E-state index contributed by atoms with van der Waals surface area (Å²) in [5.41, 5.74) is 0.795. The van der Waals surface area contributed by atoms with Crippen molar-refractivity contribution in [2.45, 2.75) is 37.5 Å². The number of ether oxygens (including phenoxy) is 1. The monoisotopic (exact) mass is 361 g/mol.